The maximum Gasteiger partial charge on any atom is 0.120 e. The van der Waals surface area contributed by atoms with Gasteiger partial charge in [0.1, 0.15) is 11.5 Å². The summed E-state index contributed by atoms with van der Waals surface area (Å²) >= 11 is 4.42. The molecule has 0 spiro atoms. The third-order valence-electron chi connectivity index (χ3n) is 2.35. The average molecular weight is 220 g/mol. The van der Waals surface area contributed by atoms with Gasteiger partial charge in [0.2, 0.25) is 0 Å². The zero-order valence-corrected chi connectivity index (χ0v) is 9.54. The normalized spacial score (nSPS) is 10.3. The molecule has 0 bridgehead atoms. The lowest BCUT2D eigenvalue weighted by Gasteiger charge is -2.07. The Balaban J connectivity index is 2.68. The van der Waals surface area contributed by atoms with E-state index in [0.717, 1.165) is 27.2 Å². The Kier molecular flexibility index (Phi) is 2.73. The minimum Gasteiger partial charge on any atom is -0.497 e. The van der Waals surface area contributed by atoms with E-state index in [1.807, 2.05) is 30.3 Å². The maximum absolute atomic E-state index is 5.18. The van der Waals surface area contributed by atoms with Crippen molar-refractivity contribution in [1.29, 1.82) is 0 Å². The highest BCUT2D eigenvalue weighted by Crippen LogP contribution is 2.30. The summed E-state index contributed by atoms with van der Waals surface area (Å²) in [7, 11) is 3.31. The Bertz CT molecular complexity index is 494. The molecule has 2 nitrogen and oxygen atoms in total. The predicted octanol–water partition coefficient (Wildman–Crippen LogP) is 3.15. The largest absolute Gasteiger partial charge is 0.497 e. The molecule has 2 rings (SSSR count). The molecule has 0 heterocycles. The fraction of sp³-hybridized carbons (Fsp3) is 0.167. The van der Waals surface area contributed by atoms with Crippen LogP contribution in [-0.4, -0.2) is 14.2 Å². The van der Waals surface area contributed by atoms with Crippen molar-refractivity contribution >= 4 is 23.4 Å². The van der Waals surface area contributed by atoms with Crippen LogP contribution in [0.15, 0.2) is 35.2 Å². The van der Waals surface area contributed by atoms with Gasteiger partial charge in [-0.3, -0.25) is 0 Å². The Morgan fingerprint density at radius 2 is 1.67 bits per heavy atom. The van der Waals surface area contributed by atoms with Crippen molar-refractivity contribution in [2.45, 2.75) is 4.90 Å². The minimum absolute atomic E-state index is 0.817. The number of benzene rings is 2. The van der Waals surface area contributed by atoms with Gasteiger partial charge in [0, 0.05) is 4.90 Å². The summed E-state index contributed by atoms with van der Waals surface area (Å²) in [5.41, 5.74) is 0. The Labute approximate surface area is 94.2 Å². The highest BCUT2D eigenvalue weighted by molar-refractivity contribution is 7.80. The van der Waals surface area contributed by atoms with Crippen LogP contribution in [0.25, 0.3) is 10.8 Å². The summed E-state index contributed by atoms with van der Waals surface area (Å²) in [4.78, 5) is 0.892. The summed E-state index contributed by atoms with van der Waals surface area (Å²) in [5.74, 6) is 1.65. The topological polar surface area (TPSA) is 18.5 Å². The molecule has 0 amide bonds. The summed E-state index contributed by atoms with van der Waals surface area (Å²) in [6.45, 7) is 0. The average Bonchev–Trinajstić information content (AvgIpc) is 2.28. The molecule has 0 atom stereocenters. The molecule has 0 saturated heterocycles. The van der Waals surface area contributed by atoms with Gasteiger partial charge in [-0.05, 0) is 35.0 Å². The van der Waals surface area contributed by atoms with E-state index < -0.39 is 0 Å². The molecule has 78 valence electrons. The van der Waals surface area contributed by atoms with Gasteiger partial charge < -0.3 is 9.47 Å². The van der Waals surface area contributed by atoms with Crippen LogP contribution in [0.5, 0.6) is 11.5 Å². The van der Waals surface area contributed by atoms with E-state index in [2.05, 4.69) is 12.6 Å². The van der Waals surface area contributed by atoms with E-state index in [1.165, 1.54) is 0 Å². The number of thiol groups is 1. The lowest BCUT2D eigenvalue weighted by atomic mass is 10.1. The van der Waals surface area contributed by atoms with Crippen molar-refractivity contribution in [2.24, 2.45) is 0 Å². The summed E-state index contributed by atoms with van der Waals surface area (Å²) in [6, 6.07) is 9.77. The van der Waals surface area contributed by atoms with E-state index in [0.29, 0.717) is 0 Å². The van der Waals surface area contributed by atoms with E-state index >= 15 is 0 Å². The number of methoxy groups -OCH3 is 2. The van der Waals surface area contributed by atoms with E-state index in [-0.39, 0.29) is 0 Å². The SMILES string of the molecule is COc1cc(S)c2cc(OC)ccc2c1. The highest BCUT2D eigenvalue weighted by atomic mass is 32.1. The maximum atomic E-state index is 5.18. The third-order valence-corrected chi connectivity index (χ3v) is 2.72. The summed E-state index contributed by atoms with van der Waals surface area (Å²) in [5, 5.41) is 2.17. The van der Waals surface area contributed by atoms with Crippen LogP contribution in [0, 0.1) is 0 Å². The molecular formula is C12H12O2S. The molecule has 0 N–H and O–H groups in total. The van der Waals surface area contributed by atoms with Crippen LogP contribution in [0.3, 0.4) is 0 Å². The molecule has 0 unspecified atom stereocenters. The van der Waals surface area contributed by atoms with E-state index in [1.54, 1.807) is 14.2 Å². The fourth-order valence-corrected chi connectivity index (χ4v) is 1.86. The first-order chi connectivity index (χ1) is 7.24. The molecule has 0 saturated carbocycles. The lowest BCUT2D eigenvalue weighted by molar-refractivity contribution is 0.413. The first-order valence-electron chi connectivity index (χ1n) is 4.59. The molecule has 0 fully saturated rings. The van der Waals surface area contributed by atoms with Gasteiger partial charge >= 0.3 is 0 Å². The van der Waals surface area contributed by atoms with Crippen molar-refractivity contribution in [1.82, 2.24) is 0 Å². The number of rotatable bonds is 2. The second-order valence-electron chi connectivity index (χ2n) is 3.23. The van der Waals surface area contributed by atoms with Gasteiger partial charge in [-0.1, -0.05) is 6.07 Å². The van der Waals surface area contributed by atoms with Crippen molar-refractivity contribution < 1.29 is 9.47 Å². The standard InChI is InChI=1S/C12H12O2S/c1-13-9-4-3-8-5-10(14-2)7-12(15)11(8)6-9/h3-7,15H,1-2H3. The zero-order valence-electron chi connectivity index (χ0n) is 8.65. The molecule has 0 radical (unpaired) electrons. The van der Waals surface area contributed by atoms with Crippen molar-refractivity contribution in [3.8, 4) is 11.5 Å². The Morgan fingerprint density at radius 3 is 2.33 bits per heavy atom. The van der Waals surface area contributed by atoms with Gasteiger partial charge in [-0.2, -0.15) is 0 Å². The third kappa shape index (κ3) is 1.88. The molecule has 15 heavy (non-hydrogen) atoms. The fourth-order valence-electron chi connectivity index (χ4n) is 1.54. The number of hydrogen-bond acceptors (Lipinski definition) is 3. The highest BCUT2D eigenvalue weighted by Gasteiger charge is 2.03. The van der Waals surface area contributed by atoms with Crippen LogP contribution in [0.1, 0.15) is 0 Å². The monoisotopic (exact) mass is 220 g/mol. The van der Waals surface area contributed by atoms with Crippen LogP contribution < -0.4 is 9.47 Å². The van der Waals surface area contributed by atoms with Crippen LogP contribution in [0.4, 0.5) is 0 Å². The van der Waals surface area contributed by atoms with Gasteiger partial charge in [0.25, 0.3) is 0 Å². The summed E-state index contributed by atoms with van der Waals surface area (Å²) in [6.07, 6.45) is 0. The summed E-state index contributed by atoms with van der Waals surface area (Å²) < 4.78 is 10.3. The predicted molar refractivity (Wildman–Crippen MR) is 64.3 cm³/mol. The number of ether oxygens (including phenoxy) is 2. The smallest absolute Gasteiger partial charge is 0.120 e. The minimum atomic E-state index is 0.817. The Morgan fingerprint density at radius 1 is 0.933 bits per heavy atom. The number of hydrogen-bond donors (Lipinski definition) is 1. The van der Waals surface area contributed by atoms with Crippen LogP contribution in [-0.2, 0) is 0 Å². The van der Waals surface area contributed by atoms with Gasteiger partial charge in [0.15, 0.2) is 0 Å². The first kappa shape index (κ1) is 10.2. The lowest BCUT2D eigenvalue weighted by Crippen LogP contribution is -1.86. The molecule has 2 aromatic rings. The second kappa shape index (κ2) is 4.03. The van der Waals surface area contributed by atoms with E-state index in [4.69, 9.17) is 9.47 Å². The Hall–Kier alpha value is -1.35. The van der Waals surface area contributed by atoms with Crippen LogP contribution >= 0.6 is 12.6 Å². The molecule has 0 aliphatic carbocycles. The first-order valence-corrected chi connectivity index (χ1v) is 5.04. The van der Waals surface area contributed by atoms with Crippen molar-refractivity contribution in [3.63, 3.8) is 0 Å². The molecule has 0 aliphatic heterocycles. The quantitative estimate of drug-likeness (QED) is 0.784. The molecule has 3 heteroatoms. The van der Waals surface area contributed by atoms with Crippen molar-refractivity contribution in [3.05, 3.63) is 30.3 Å². The molecule has 0 aromatic heterocycles. The molecular weight excluding hydrogens is 208 g/mol. The van der Waals surface area contributed by atoms with E-state index in [9.17, 15) is 0 Å². The zero-order chi connectivity index (χ0) is 10.8. The van der Waals surface area contributed by atoms with Gasteiger partial charge in [0.05, 0.1) is 14.2 Å². The molecule has 0 aliphatic rings. The van der Waals surface area contributed by atoms with Crippen molar-refractivity contribution in [2.75, 3.05) is 14.2 Å². The number of fused-ring (bicyclic) bond motifs is 1. The second-order valence-corrected chi connectivity index (χ2v) is 3.72. The van der Waals surface area contributed by atoms with Crippen LogP contribution in [0.2, 0.25) is 0 Å². The van der Waals surface area contributed by atoms with Gasteiger partial charge in [-0.15, -0.1) is 12.6 Å². The van der Waals surface area contributed by atoms with Gasteiger partial charge in [-0.25, -0.2) is 0 Å². The molecule has 2 aromatic carbocycles.